The van der Waals surface area contributed by atoms with Gasteiger partial charge in [-0.05, 0) is 30.5 Å². The van der Waals surface area contributed by atoms with Gasteiger partial charge in [0.1, 0.15) is 4.21 Å². The lowest BCUT2D eigenvalue weighted by Gasteiger charge is -2.38. The highest BCUT2D eigenvalue weighted by Gasteiger charge is 2.32. The fourth-order valence-corrected chi connectivity index (χ4v) is 5.26. The van der Waals surface area contributed by atoms with Crippen LogP contribution in [0.3, 0.4) is 0 Å². The van der Waals surface area contributed by atoms with Crippen molar-refractivity contribution in [3.8, 4) is 0 Å². The largest absolute Gasteiger partial charge is 0.326 e. The van der Waals surface area contributed by atoms with Gasteiger partial charge < -0.3 is 5.73 Å². The summed E-state index contributed by atoms with van der Waals surface area (Å²) in [5, 5.41) is 1.82. The molecule has 7 heteroatoms. The number of nitrogens with two attached hydrogens (primary N) is 1. The van der Waals surface area contributed by atoms with Crippen molar-refractivity contribution in [1.82, 2.24) is 9.21 Å². The van der Waals surface area contributed by atoms with E-state index in [9.17, 15) is 8.42 Å². The lowest BCUT2D eigenvalue weighted by Crippen LogP contribution is -2.53. The van der Waals surface area contributed by atoms with Crippen LogP contribution >= 0.6 is 11.3 Å². The third kappa shape index (κ3) is 3.00. The molecule has 0 bridgehead atoms. The van der Waals surface area contributed by atoms with Crippen molar-refractivity contribution in [3.63, 3.8) is 0 Å². The van der Waals surface area contributed by atoms with Crippen LogP contribution in [0, 0.1) is 0 Å². The molecule has 2 rings (SSSR count). The Labute approximate surface area is 119 Å². The second-order valence-electron chi connectivity index (χ2n) is 4.82. The standard InChI is InChI=1S/C12H21N3O2S2/c1-3-14-4-5-15(8-10(14)2)19(16,17)12-6-11(7-13)9-18-12/h6,9-10H,3-5,7-8,13H2,1-2H3. The Hall–Kier alpha value is -0.470. The van der Waals surface area contributed by atoms with E-state index >= 15 is 0 Å². The Morgan fingerprint density at radius 3 is 2.74 bits per heavy atom. The van der Waals surface area contributed by atoms with Gasteiger partial charge in [-0.2, -0.15) is 4.31 Å². The molecule has 0 spiro atoms. The molecule has 5 nitrogen and oxygen atoms in total. The first-order chi connectivity index (χ1) is 8.98. The zero-order valence-corrected chi connectivity index (χ0v) is 13.0. The number of thiophene rings is 1. The minimum Gasteiger partial charge on any atom is -0.326 e. The summed E-state index contributed by atoms with van der Waals surface area (Å²) in [7, 11) is -3.35. The molecule has 1 aromatic heterocycles. The summed E-state index contributed by atoms with van der Waals surface area (Å²) in [5.74, 6) is 0. The first kappa shape index (κ1) is 14.9. The van der Waals surface area contributed by atoms with Gasteiger partial charge in [0.15, 0.2) is 0 Å². The minimum atomic E-state index is -3.35. The van der Waals surface area contributed by atoms with Crippen molar-refractivity contribution in [2.24, 2.45) is 5.73 Å². The van der Waals surface area contributed by atoms with E-state index < -0.39 is 10.0 Å². The van der Waals surface area contributed by atoms with E-state index in [4.69, 9.17) is 5.73 Å². The van der Waals surface area contributed by atoms with Crippen molar-refractivity contribution >= 4 is 21.4 Å². The second kappa shape index (κ2) is 5.88. The topological polar surface area (TPSA) is 66.6 Å². The van der Waals surface area contributed by atoms with Crippen LogP contribution in [0.15, 0.2) is 15.7 Å². The summed E-state index contributed by atoms with van der Waals surface area (Å²) in [6, 6.07) is 1.96. The Kier molecular flexibility index (Phi) is 4.62. The number of sulfonamides is 1. The highest BCUT2D eigenvalue weighted by atomic mass is 32.2. The normalized spacial score (nSPS) is 22.8. The SMILES string of the molecule is CCN1CCN(S(=O)(=O)c2cc(CN)cs2)CC1C. The third-order valence-corrected chi connectivity index (χ3v) is 6.92. The van der Waals surface area contributed by atoms with Crippen molar-refractivity contribution in [1.29, 1.82) is 0 Å². The quantitative estimate of drug-likeness (QED) is 0.898. The monoisotopic (exact) mass is 303 g/mol. The zero-order valence-electron chi connectivity index (χ0n) is 11.4. The number of nitrogens with zero attached hydrogens (tertiary/aromatic N) is 2. The van der Waals surface area contributed by atoms with Gasteiger partial charge in [-0.15, -0.1) is 11.3 Å². The van der Waals surface area contributed by atoms with Gasteiger partial charge >= 0.3 is 0 Å². The predicted octanol–water partition coefficient (Wildman–Crippen LogP) is 0.921. The van der Waals surface area contributed by atoms with Crippen LogP contribution in [0.25, 0.3) is 0 Å². The average molecular weight is 303 g/mol. The van der Waals surface area contributed by atoms with E-state index in [1.807, 2.05) is 5.38 Å². The summed E-state index contributed by atoms with van der Waals surface area (Å²) in [6.45, 7) is 7.45. The fraction of sp³-hybridized carbons (Fsp3) is 0.667. The molecule has 1 atom stereocenters. The van der Waals surface area contributed by atoms with Crippen LogP contribution in [0.2, 0.25) is 0 Å². The molecule has 108 valence electrons. The van der Waals surface area contributed by atoms with Crippen LogP contribution in [-0.2, 0) is 16.6 Å². The van der Waals surface area contributed by atoms with E-state index in [-0.39, 0.29) is 6.04 Å². The van der Waals surface area contributed by atoms with Crippen molar-refractivity contribution in [2.45, 2.75) is 30.6 Å². The smallest absolute Gasteiger partial charge is 0.252 e. The van der Waals surface area contributed by atoms with Crippen molar-refractivity contribution in [2.75, 3.05) is 26.2 Å². The molecular formula is C12H21N3O2S2. The molecular weight excluding hydrogens is 282 g/mol. The van der Waals surface area contributed by atoms with Crippen LogP contribution in [0.4, 0.5) is 0 Å². The lowest BCUT2D eigenvalue weighted by atomic mass is 10.2. The molecule has 1 saturated heterocycles. The Morgan fingerprint density at radius 2 is 2.21 bits per heavy atom. The Bertz CT molecular complexity index is 527. The molecule has 0 saturated carbocycles. The summed E-state index contributed by atoms with van der Waals surface area (Å²) in [6.07, 6.45) is 0. The lowest BCUT2D eigenvalue weighted by molar-refractivity contribution is 0.136. The molecule has 0 radical (unpaired) electrons. The van der Waals surface area contributed by atoms with Gasteiger partial charge in [-0.1, -0.05) is 6.92 Å². The second-order valence-corrected chi connectivity index (χ2v) is 7.89. The third-order valence-electron chi connectivity index (χ3n) is 3.59. The molecule has 1 aliphatic heterocycles. The van der Waals surface area contributed by atoms with Crippen molar-refractivity contribution < 1.29 is 8.42 Å². The maximum Gasteiger partial charge on any atom is 0.252 e. The van der Waals surface area contributed by atoms with E-state index in [0.717, 1.165) is 18.7 Å². The summed E-state index contributed by atoms with van der Waals surface area (Å²) in [4.78, 5) is 2.30. The number of rotatable bonds is 4. The van der Waals surface area contributed by atoms with E-state index in [1.54, 1.807) is 10.4 Å². The van der Waals surface area contributed by atoms with Crippen LogP contribution in [-0.4, -0.2) is 49.8 Å². The van der Waals surface area contributed by atoms with Gasteiger partial charge in [0.2, 0.25) is 0 Å². The highest BCUT2D eigenvalue weighted by molar-refractivity contribution is 7.91. The number of hydrogen-bond donors (Lipinski definition) is 1. The molecule has 1 fully saturated rings. The molecule has 0 amide bonds. The molecule has 0 aromatic carbocycles. The Morgan fingerprint density at radius 1 is 1.47 bits per heavy atom. The van der Waals surface area contributed by atoms with E-state index in [0.29, 0.717) is 23.8 Å². The van der Waals surface area contributed by atoms with Crippen molar-refractivity contribution in [3.05, 3.63) is 17.0 Å². The van der Waals surface area contributed by atoms with E-state index in [1.165, 1.54) is 11.3 Å². The van der Waals surface area contributed by atoms with Gasteiger partial charge in [-0.3, -0.25) is 4.90 Å². The molecule has 1 aromatic rings. The van der Waals surface area contributed by atoms with Gasteiger partial charge in [-0.25, -0.2) is 8.42 Å². The molecule has 19 heavy (non-hydrogen) atoms. The van der Waals surface area contributed by atoms with Crippen LogP contribution < -0.4 is 5.73 Å². The highest BCUT2D eigenvalue weighted by Crippen LogP contribution is 2.25. The molecule has 2 heterocycles. The summed E-state index contributed by atoms with van der Waals surface area (Å²) >= 11 is 1.26. The Balaban J connectivity index is 2.17. The number of likely N-dealkylation sites (N-methyl/N-ethyl adjacent to an activating group) is 1. The zero-order chi connectivity index (χ0) is 14.0. The summed E-state index contributed by atoms with van der Waals surface area (Å²) in [5.41, 5.74) is 6.41. The molecule has 0 aliphatic carbocycles. The number of hydrogen-bond acceptors (Lipinski definition) is 5. The fourth-order valence-electron chi connectivity index (χ4n) is 2.37. The molecule has 1 aliphatic rings. The first-order valence-corrected chi connectivity index (χ1v) is 8.82. The van der Waals surface area contributed by atoms with Gasteiger partial charge in [0.05, 0.1) is 0 Å². The van der Waals surface area contributed by atoms with Crippen LogP contribution in [0.5, 0.6) is 0 Å². The molecule has 2 N–H and O–H groups in total. The molecule has 1 unspecified atom stereocenters. The predicted molar refractivity (Wildman–Crippen MR) is 77.7 cm³/mol. The average Bonchev–Trinajstić information content (AvgIpc) is 2.88. The van der Waals surface area contributed by atoms with Crippen LogP contribution in [0.1, 0.15) is 19.4 Å². The van der Waals surface area contributed by atoms with Gasteiger partial charge in [0, 0.05) is 32.2 Å². The summed E-state index contributed by atoms with van der Waals surface area (Å²) < 4.78 is 27.1. The maximum absolute atomic E-state index is 12.5. The maximum atomic E-state index is 12.5. The minimum absolute atomic E-state index is 0.266. The van der Waals surface area contributed by atoms with Gasteiger partial charge in [0.25, 0.3) is 10.0 Å². The van der Waals surface area contributed by atoms with E-state index in [2.05, 4.69) is 18.7 Å². The number of piperazine rings is 1. The first-order valence-electron chi connectivity index (χ1n) is 6.50.